The summed E-state index contributed by atoms with van der Waals surface area (Å²) in [5, 5.41) is 3.79. The zero-order valence-electron chi connectivity index (χ0n) is 15.1. The van der Waals surface area contributed by atoms with Crippen molar-refractivity contribution in [2.45, 2.75) is 6.18 Å². The van der Waals surface area contributed by atoms with Crippen LogP contribution in [0.1, 0.15) is 15.9 Å². The molecule has 0 atom stereocenters. The Bertz CT molecular complexity index is 1180. The van der Waals surface area contributed by atoms with Crippen LogP contribution in [0.15, 0.2) is 85.1 Å². The number of halogens is 3. The molecule has 0 bridgehead atoms. The van der Waals surface area contributed by atoms with E-state index in [2.05, 4.69) is 10.3 Å². The number of hydrogen-bond donors (Lipinski definition) is 1. The van der Waals surface area contributed by atoms with Crippen LogP contribution in [-0.4, -0.2) is 10.9 Å². The van der Waals surface area contributed by atoms with Crippen LogP contribution in [0.5, 0.6) is 0 Å². The van der Waals surface area contributed by atoms with Crippen LogP contribution in [0, 0.1) is 0 Å². The lowest BCUT2D eigenvalue weighted by atomic mass is 9.98. The molecule has 4 rings (SSSR count). The third kappa shape index (κ3) is 3.96. The summed E-state index contributed by atoms with van der Waals surface area (Å²) in [5.41, 5.74) is 2.06. The summed E-state index contributed by atoms with van der Waals surface area (Å²) in [4.78, 5) is 17.1. The number of alkyl halides is 3. The Hall–Kier alpha value is -3.67. The standard InChI is InChI=1S/C23H15F3N2O/c24-23(25,26)17-10-7-15(8-11-17)19-5-1-2-6-20(19)22(29)28-18-12-9-16-4-3-13-27-21(16)14-18/h1-14H,(H,28,29). The summed E-state index contributed by atoms with van der Waals surface area (Å²) in [7, 11) is 0. The Labute approximate surface area is 164 Å². The van der Waals surface area contributed by atoms with Gasteiger partial charge in [0.2, 0.25) is 0 Å². The van der Waals surface area contributed by atoms with Crippen LogP contribution >= 0.6 is 0 Å². The van der Waals surface area contributed by atoms with Gasteiger partial charge in [0.1, 0.15) is 0 Å². The molecule has 1 aromatic heterocycles. The Morgan fingerprint density at radius 1 is 0.862 bits per heavy atom. The average Bonchev–Trinajstić information content (AvgIpc) is 2.73. The zero-order valence-corrected chi connectivity index (χ0v) is 15.1. The molecule has 0 unspecified atom stereocenters. The number of anilines is 1. The first-order valence-corrected chi connectivity index (χ1v) is 8.84. The first kappa shape index (κ1) is 18.7. The third-order valence-electron chi connectivity index (χ3n) is 4.56. The van der Waals surface area contributed by atoms with E-state index >= 15 is 0 Å². The third-order valence-corrected chi connectivity index (χ3v) is 4.56. The largest absolute Gasteiger partial charge is 0.416 e. The lowest BCUT2D eigenvalue weighted by Gasteiger charge is -2.12. The van der Waals surface area contributed by atoms with E-state index in [-0.39, 0.29) is 5.91 Å². The minimum Gasteiger partial charge on any atom is -0.322 e. The summed E-state index contributed by atoms with van der Waals surface area (Å²) in [5.74, 6) is -0.351. The average molecular weight is 392 g/mol. The molecule has 29 heavy (non-hydrogen) atoms. The fourth-order valence-electron chi connectivity index (χ4n) is 3.11. The number of benzene rings is 3. The van der Waals surface area contributed by atoms with Crippen molar-refractivity contribution in [3.8, 4) is 11.1 Å². The van der Waals surface area contributed by atoms with E-state index in [4.69, 9.17) is 0 Å². The van der Waals surface area contributed by atoms with E-state index in [1.165, 1.54) is 12.1 Å². The summed E-state index contributed by atoms with van der Waals surface area (Å²) in [6.07, 6.45) is -2.73. The molecule has 0 spiro atoms. The summed E-state index contributed by atoms with van der Waals surface area (Å²) in [6, 6.07) is 20.7. The molecular weight excluding hydrogens is 377 g/mol. The monoisotopic (exact) mass is 392 g/mol. The number of amides is 1. The van der Waals surface area contributed by atoms with Crippen molar-refractivity contribution in [3.05, 3.63) is 96.2 Å². The van der Waals surface area contributed by atoms with Gasteiger partial charge in [0, 0.05) is 22.8 Å². The molecule has 1 N–H and O–H groups in total. The van der Waals surface area contributed by atoms with Gasteiger partial charge in [-0.2, -0.15) is 13.2 Å². The maximum atomic E-state index is 12.9. The molecular formula is C23H15F3N2O. The minimum atomic E-state index is -4.40. The maximum absolute atomic E-state index is 12.9. The molecule has 144 valence electrons. The quantitative estimate of drug-likeness (QED) is 0.453. The molecule has 0 fully saturated rings. The molecule has 0 aliphatic heterocycles. The Balaban J connectivity index is 1.64. The lowest BCUT2D eigenvalue weighted by Crippen LogP contribution is -2.13. The van der Waals surface area contributed by atoms with Gasteiger partial charge in [-0.05, 0) is 47.5 Å². The van der Waals surface area contributed by atoms with Gasteiger partial charge in [-0.1, -0.05) is 42.5 Å². The number of hydrogen-bond acceptors (Lipinski definition) is 2. The van der Waals surface area contributed by atoms with Crippen molar-refractivity contribution in [2.75, 3.05) is 5.32 Å². The highest BCUT2D eigenvalue weighted by molar-refractivity contribution is 6.09. The van der Waals surface area contributed by atoms with Gasteiger partial charge in [-0.25, -0.2) is 0 Å². The van der Waals surface area contributed by atoms with E-state index in [9.17, 15) is 18.0 Å². The minimum absolute atomic E-state index is 0.351. The SMILES string of the molecule is O=C(Nc1ccc2cccnc2c1)c1ccccc1-c1ccc(C(F)(F)F)cc1. The molecule has 0 aliphatic rings. The summed E-state index contributed by atoms with van der Waals surface area (Å²) < 4.78 is 38.4. The van der Waals surface area contributed by atoms with Gasteiger partial charge in [-0.15, -0.1) is 0 Å². The molecule has 1 amide bonds. The molecule has 3 nitrogen and oxygen atoms in total. The van der Waals surface area contributed by atoms with E-state index < -0.39 is 11.7 Å². The Morgan fingerprint density at radius 3 is 2.38 bits per heavy atom. The number of aromatic nitrogens is 1. The summed E-state index contributed by atoms with van der Waals surface area (Å²) in [6.45, 7) is 0. The van der Waals surface area contributed by atoms with Crippen LogP contribution < -0.4 is 5.32 Å². The Morgan fingerprint density at radius 2 is 1.62 bits per heavy atom. The topological polar surface area (TPSA) is 42.0 Å². The normalized spacial score (nSPS) is 11.4. The first-order chi connectivity index (χ1) is 13.9. The van der Waals surface area contributed by atoms with E-state index in [0.29, 0.717) is 22.4 Å². The molecule has 6 heteroatoms. The van der Waals surface area contributed by atoms with Gasteiger partial charge in [0.15, 0.2) is 0 Å². The maximum Gasteiger partial charge on any atom is 0.416 e. The predicted octanol–water partition coefficient (Wildman–Crippen LogP) is 6.17. The second-order valence-electron chi connectivity index (χ2n) is 6.49. The molecule has 0 aliphatic carbocycles. The van der Waals surface area contributed by atoms with Crippen LogP contribution in [0.25, 0.3) is 22.0 Å². The van der Waals surface area contributed by atoms with Gasteiger partial charge in [0.25, 0.3) is 5.91 Å². The molecule has 0 saturated carbocycles. The van der Waals surface area contributed by atoms with Crippen LogP contribution in [0.4, 0.5) is 18.9 Å². The number of carbonyl (C=O) groups excluding carboxylic acids is 1. The molecule has 0 radical (unpaired) electrons. The van der Waals surface area contributed by atoms with Gasteiger partial charge >= 0.3 is 6.18 Å². The van der Waals surface area contributed by atoms with Crippen molar-refractivity contribution >= 4 is 22.5 Å². The van der Waals surface area contributed by atoms with Crippen LogP contribution in [-0.2, 0) is 6.18 Å². The highest BCUT2D eigenvalue weighted by Crippen LogP contribution is 2.32. The van der Waals surface area contributed by atoms with E-state index in [0.717, 1.165) is 23.0 Å². The first-order valence-electron chi connectivity index (χ1n) is 8.84. The number of nitrogens with one attached hydrogen (secondary N) is 1. The van der Waals surface area contributed by atoms with Crippen LogP contribution in [0.3, 0.4) is 0 Å². The summed E-state index contributed by atoms with van der Waals surface area (Å²) >= 11 is 0. The Kier molecular flexibility index (Phi) is 4.76. The van der Waals surface area contributed by atoms with Crippen molar-refractivity contribution in [2.24, 2.45) is 0 Å². The van der Waals surface area contributed by atoms with Gasteiger partial charge in [0.05, 0.1) is 11.1 Å². The molecule has 4 aromatic rings. The second-order valence-corrected chi connectivity index (χ2v) is 6.49. The number of carbonyl (C=O) groups is 1. The number of rotatable bonds is 3. The fraction of sp³-hybridized carbons (Fsp3) is 0.0435. The van der Waals surface area contributed by atoms with Gasteiger partial charge < -0.3 is 5.32 Å². The number of nitrogens with zero attached hydrogens (tertiary/aromatic N) is 1. The van der Waals surface area contributed by atoms with Crippen molar-refractivity contribution in [1.29, 1.82) is 0 Å². The van der Waals surface area contributed by atoms with Crippen molar-refractivity contribution in [1.82, 2.24) is 4.98 Å². The fourth-order valence-corrected chi connectivity index (χ4v) is 3.11. The van der Waals surface area contributed by atoms with E-state index in [1.807, 2.05) is 18.2 Å². The smallest absolute Gasteiger partial charge is 0.322 e. The molecule has 3 aromatic carbocycles. The van der Waals surface area contributed by atoms with E-state index in [1.54, 1.807) is 42.6 Å². The zero-order chi connectivity index (χ0) is 20.4. The van der Waals surface area contributed by atoms with Gasteiger partial charge in [-0.3, -0.25) is 9.78 Å². The molecule has 0 saturated heterocycles. The lowest BCUT2D eigenvalue weighted by molar-refractivity contribution is -0.137. The predicted molar refractivity (Wildman–Crippen MR) is 107 cm³/mol. The highest BCUT2D eigenvalue weighted by atomic mass is 19.4. The number of pyridine rings is 1. The van der Waals surface area contributed by atoms with Crippen molar-refractivity contribution in [3.63, 3.8) is 0 Å². The van der Waals surface area contributed by atoms with Crippen LogP contribution in [0.2, 0.25) is 0 Å². The highest BCUT2D eigenvalue weighted by Gasteiger charge is 2.30. The van der Waals surface area contributed by atoms with Crippen molar-refractivity contribution < 1.29 is 18.0 Å². The second kappa shape index (κ2) is 7.39. The molecule has 1 heterocycles. The number of fused-ring (bicyclic) bond motifs is 1.